The van der Waals surface area contributed by atoms with Gasteiger partial charge in [0.15, 0.2) is 11.5 Å². The number of hydrogen-bond acceptors (Lipinski definition) is 14. The largest absolute Gasteiger partial charge is 0.505 e. The van der Waals surface area contributed by atoms with Gasteiger partial charge in [-0.05, 0) is 41.8 Å². The zero-order valence-electron chi connectivity index (χ0n) is 22.1. The zero-order chi connectivity index (χ0) is 32.8. The van der Waals surface area contributed by atoms with E-state index < -0.39 is 105 Å². The molecule has 0 heterocycles. The van der Waals surface area contributed by atoms with Gasteiger partial charge in [-0.1, -0.05) is 24.3 Å². The van der Waals surface area contributed by atoms with E-state index in [4.69, 9.17) is 0 Å². The van der Waals surface area contributed by atoms with Crippen LogP contribution in [-0.4, -0.2) is 91.7 Å². The third-order valence-corrected chi connectivity index (χ3v) is 9.14. The predicted octanol–water partition coefficient (Wildman–Crippen LogP) is 3.69. The molecule has 4 rings (SSSR count). The number of phenols is 2. The number of nitrogens with zero attached hydrogens (tertiary/aromatic N) is 4. The van der Waals surface area contributed by atoms with E-state index in [1.165, 1.54) is 24.3 Å². The van der Waals surface area contributed by atoms with Crippen LogP contribution in [0.2, 0.25) is 0 Å². The van der Waals surface area contributed by atoms with Crippen molar-refractivity contribution in [1.29, 1.82) is 0 Å². The summed E-state index contributed by atoms with van der Waals surface area (Å²) < 4.78 is 134. The maximum absolute atomic E-state index is 12.2. The second kappa shape index (κ2) is 12.8. The van der Waals surface area contributed by atoms with E-state index in [2.05, 4.69) is 20.5 Å². The number of rotatable bonds is 8. The SMILES string of the molecule is O=S(=O)(O)c1ccccc1N=Nc1c(S(=O)(=O)O)cc2cc(S(=O)(=O)O)c(N=Nc3ccccc3S(=O)(=O)O)c(O)c2c1O.[Na]. The minimum Gasteiger partial charge on any atom is -0.505 e. The Hall–Kier alpha value is -3.42. The van der Waals surface area contributed by atoms with E-state index >= 15 is 0 Å². The summed E-state index contributed by atoms with van der Waals surface area (Å²) in [4.78, 5) is -4.03. The molecule has 0 aliphatic rings. The average Bonchev–Trinajstić information content (AvgIpc) is 2.89. The van der Waals surface area contributed by atoms with Crippen LogP contribution in [0.4, 0.5) is 22.7 Å². The molecular formula is C22H16N4NaO14S4. The molecule has 0 unspecified atom stereocenters. The molecule has 0 saturated carbocycles. The first-order valence-corrected chi connectivity index (χ1v) is 16.9. The summed E-state index contributed by atoms with van der Waals surface area (Å²) in [7, 11) is -20.4. The van der Waals surface area contributed by atoms with E-state index in [0.29, 0.717) is 12.1 Å². The minimum absolute atomic E-state index is 0. The maximum Gasteiger partial charge on any atom is 0.296 e. The molecule has 0 spiro atoms. The van der Waals surface area contributed by atoms with Gasteiger partial charge in [0.1, 0.15) is 42.3 Å². The van der Waals surface area contributed by atoms with Gasteiger partial charge in [-0.2, -0.15) is 33.7 Å². The molecule has 6 N–H and O–H groups in total. The Labute approximate surface area is 276 Å². The molecule has 45 heavy (non-hydrogen) atoms. The quantitative estimate of drug-likeness (QED) is 0.0863. The van der Waals surface area contributed by atoms with Crippen molar-refractivity contribution in [2.75, 3.05) is 0 Å². The number of benzene rings is 4. The van der Waals surface area contributed by atoms with Gasteiger partial charge >= 0.3 is 0 Å². The first kappa shape index (κ1) is 36.1. The van der Waals surface area contributed by atoms with E-state index in [-0.39, 0.29) is 29.6 Å². The van der Waals surface area contributed by atoms with Crippen LogP contribution in [0.1, 0.15) is 0 Å². The molecule has 0 atom stereocenters. The van der Waals surface area contributed by atoms with E-state index in [0.717, 1.165) is 24.3 Å². The number of hydrogen-bond donors (Lipinski definition) is 6. The molecular weight excluding hydrogens is 696 g/mol. The molecule has 1 radical (unpaired) electrons. The van der Waals surface area contributed by atoms with E-state index in [1.54, 1.807) is 0 Å². The summed E-state index contributed by atoms with van der Waals surface area (Å²) in [6.45, 7) is 0. The van der Waals surface area contributed by atoms with Gasteiger partial charge in [0.05, 0.1) is 5.39 Å². The van der Waals surface area contributed by atoms with Crippen molar-refractivity contribution >= 4 is 104 Å². The second-order valence-corrected chi connectivity index (χ2v) is 14.0. The molecule has 0 fully saturated rings. The third kappa shape index (κ3) is 7.70. The van der Waals surface area contributed by atoms with Crippen molar-refractivity contribution in [2.24, 2.45) is 20.5 Å². The number of fused-ring (bicyclic) bond motifs is 1. The summed E-state index contributed by atoms with van der Waals surface area (Å²) >= 11 is 0. The van der Waals surface area contributed by atoms with Gasteiger partial charge in [0.2, 0.25) is 0 Å². The number of azo groups is 2. The van der Waals surface area contributed by atoms with Gasteiger partial charge in [-0.15, -0.1) is 20.5 Å². The van der Waals surface area contributed by atoms with Gasteiger partial charge < -0.3 is 10.2 Å². The molecule has 18 nitrogen and oxygen atoms in total. The molecule has 0 aliphatic carbocycles. The molecule has 233 valence electrons. The summed E-state index contributed by atoms with van der Waals surface area (Å²) in [6, 6.07) is 9.81. The monoisotopic (exact) mass is 711 g/mol. The standard InChI is InChI=1S/C22H16N4O14S4.Na/c27-21-18-11(9-16(43(35,36)37)19(21)25-23-12-5-1-3-7-14(12)41(29,30)31)10-17(44(38,39)40)20(22(18)28)26-24-13-6-2-4-8-15(13)42(32,33)34;/h1-10,27-28H,(H,29,30,31)(H,32,33,34)(H,35,36,37)(H,38,39,40);. The van der Waals surface area contributed by atoms with Crippen LogP contribution in [0.3, 0.4) is 0 Å². The Morgan fingerprint density at radius 1 is 0.467 bits per heavy atom. The second-order valence-electron chi connectivity index (χ2n) is 8.48. The predicted molar refractivity (Wildman–Crippen MR) is 154 cm³/mol. The van der Waals surface area contributed by atoms with Crippen molar-refractivity contribution in [3.05, 3.63) is 60.7 Å². The smallest absolute Gasteiger partial charge is 0.296 e. The Morgan fingerprint density at radius 3 is 1.09 bits per heavy atom. The molecule has 0 saturated heterocycles. The summed E-state index contributed by atoms with van der Waals surface area (Å²) in [5.74, 6) is -2.59. The van der Waals surface area contributed by atoms with Crippen LogP contribution in [0.15, 0.2) is 101 Å². The van der Waals surface area contributed by atoms with Gasteiger partial charge in [-0.3, -0.25) is 18.2 Å². The fourth-order valence-electron chi connectivity index (χ4n) is 3.77. The molecule has 0 aromatic heterocycles. The van der Waals surface area contributed by atoms with Crippen LogP contribution in [-0.2, 0) is 40.5 Å². The average molecular weight is 712 g/mol. The van der Waals surface area contributed by atoms with Crippen molar-refractivity contribution in [3.63, 3.8) is 0 Å². The molecule has 0 bridgehead atoms. The molecule has 4 aromatic carbocycles. The molecule has 4 aromatic rings. The Morgan fingerprint density at radius 2 is 0.778 bits per heavy atom. The van der Waals surface area contributed by atoms with Gasteiger partial charge in [0, 0.05) is 29.6 Å². The minimum atomic E-state index is -5.32. The fourth-order valence-corrected chi connectivity index (χ4v) is 6.33. The van der Waals surface area contributed by atoms with Crippen LogP contribution < -0.4 is 0 Å². The van der Waals surface area contributed by atoms with Crippen molar-refractivity contribution in [1.82, 2.24) is 0 Å². The molecule has 0 aliphatic heterocycles. The van der Waals surface area contributed by atoms with Crippen LogP contribution in [0.25, 0.3) is 10.8 Å². The van der Waals surface area contributed by atoms with Crippen molar-refractivity contribution in [2.45, 2.75) is 19.6 Å². The first-order valence-electron chi connectivity index (χ1n) is 11.2. The van der Waals surface area contributed by atoms with E-state index in [9.17, 15) is 62.1 Å². The van der Waals surface area contributed by atoms with Gasteiger partial charge in [-0.25, -0.2) is 0 Å². The molecule has 23 heteroatoms. The van der Waals surface area contributed by atoms with Crippen molar-refractivity contribution in [3.8, 4) is 11.5 Å². The maximum atomic E-state index is 12.2. The van der Waals surface area contributed by atoms with E-state index in [1.807, 2.05) is 0 Å². The third-order valence-electron chi connectivity index (χ3n) is 5.61. The Bertz CT molecular complexity index is 2200. The summed E-state index contributed by atoms with van der Waals surface area (Å²) in [6.07, 6.45) is 0. The first-order chi connectivity index (χ1) is 20.2. The van der Waals surface area contributed by atoms with Crippen LogP contribution >= 0.6 is 0 Å². The topological polar surface area (TPSA) is 307 Å². The fraction of sp³-hybridized carbons (Fsp3) is 0. The normalized spacial score (nSPS) is 13.0. The Kier molecular flexibility index (Phi) is 10.2. The van der Waals surface area contributed by atoms with Crippen molar-refractivity contribution < 1.29 is 62.1 Å². The number of phenolic OH excluding ortho intramolecular Hbond substituents is 2. The zero-order valence-corrected chi connectivity index (χ0v) is 27.4. The summed E-state index contributed by atoms with van der Waals surface area (Å²) in [5.41, 5.74) is -3.35. The van der Waals surface area contributed by atoms with Crippen LogP contribution in [0, 0.1) is 0 Å². The summed E-state index contributed by atoms with van der Waals surface area (Å²) in [5, 5.41) is 34.5. The Balaban J connectivity index is 0.00000552. The van der Waals surface area contributed by atoms with Crippen LogP contribution in [0.5, 0.6) is 11.5 Å². The molecule has 0 amide bonds. The van der Waals surface area contributed by atoms with Gasteiger partial charge in [0.25, 0.3) is 40.5 Å². The number of aromatic hydroxyl groups is 2.